The third kappa shape index (κ3) is 16.4. The fraction of sp³-hybridized carbons (Fsp3) is 0.263. The van der Waals surface area contributed by atoms with Crippen LogP contribution in [-0.2, 0) is 26.4 Å². The molecule has 0 atom stereocenters. The molecule has 8 aromatic carbocycles. The highest BCUT2D eigenvalue weighted by Gasteiger charge is 2.33. The van der Waals surface area contributed by atoms with E-state index in [0.717, 1.165) is 0 Å². The second kappa shape index (κ2) is 33.6. The number of rotatable bonds is 28. The fourth-order valence-electron chi connectivity index (χ4n) is 11.7. The van der Waals surface area contributed by atoms with E-state index in [0.29, 0.717) is 73.2 Å². The molecule has 0 saturated carbocycles. The van der Waals surface area contributed by atoms with E-state index < -0.39 is 161 Å². The average molecular weight is 1640 g/mol. The van der Waals surface area contributed by atoms with Crippen LogP contribution in [0.1, 0.15) is 22.3 Å². The summed E-state index contributed by atoms with van der Waals surface area (Å²) >= 11 is 2.30. The molecule has 0 saturated heterocycles. The summed E-state index contributed by atoms with van der Waals surface area (Å²) in [5.41, 5.74) is -4.13. The van der Waals surface area contributed by atoms with Crippen LogP contribution in [0.4, 0.5) is 70.2 Å². The maximum atomic E-state index is 15.8. The number of aromatic nitrogens is 8. The van der Waals surface area contributed by atoms with E-state index in [1.54, 1.807) is 76.0 Å². The number of nitrogens with one attached hydrogen (secondary N) is 2. The van der Waals surface area contributed by atoms with Crippen molar-refractivity contribution in [1.82, 2.24) is 59.5 Å². The molecule has 36 heteroatoms. The number of halogens is 16. The third-order valence-electron chi connectivity index (χ3n) is 17.6. The maximum absolute atomic E-state index is 15.8. The van der Waals surface area contributed by atoms with E-state index in [2.05, 4.69) is 9.97 Å². The molecule has 586 valence electrons. The van der Waals surface area contributed by atoms with E-state index >= 15 is 70.2 Å². The zero-order valence-corrected chi connectivity index (χ0v) is 63.5. The number of fused-ring (bicyclic) bond motifs is 20. The molecule has 13 rings (SSSR count). The van der Waals surface area contributed by atoms with Crippen LogP contribution in [0.5, 0.6) is 23.0 Å². The molecule has 0 amide bonds. The summed E-state index contributed by atoms with van der Waals surface area (Å²) < 4.78 is 275. The van der Waals surface area contributed by atoms with Gasteiger partial charge in [-0.15, -0.1) is 47.0 Å². The third-order valence-corrected chi connectivity index (χ3v) is 21.8. The lowest BCUT2D eigenvalue weighted by Crippen LogP contribution is -2.15. The monoisotopic (exact) mass is 1640 g/mol. The maximum Gasteiger partial charge on any atom is 0.175 e. The van der Waals surface area contributed by atoms with Crippen molar-refractivity contribution in [3.63, 3.8) is 0 Å². The molecule has 3 aromatic heterocycles. The number of benzene rings is 8. The first-order valence-electron chi connectivity index (χ1n) is 33.9. The van der Waals surface area contributed by atoms with Crippen LogP contribution in [0, 0.1) is 93.1 Å². The minimum atomic E-state index is -1.70. The van der Waals surface area contributed by atoms with Crippen molar-refractivity contribution < 1.29 is 89.2 Å². The predicted octanol–water partition coefficient (Wildman–Crippen LogP) is 18.0. The average Bonchev–Trinajstić information content (AvgIpc) is 1.60. The molecular weight excluding hydrogens is 1580 g/mol. The number of hydrogen-bond donors (Lipinski definition) is 2. The molecule has 0 aliphatic carbocycles. The van der Waals surface area contributed by atoms with Gasteiger partial charge in [-0.25, -0.2) is 100 Å². The number of ether oxygens (including phenoxy) is 4. The number of thioether (sulfide) groups is 4. The second-order valence-electron chi connectivity index (χ2n) is 26.5. The minimum absolute atomic E-state index is 0.0596. The highest BCUT2D eigenvalue weighted by Crippen LogP contribution is 2.44. The lowest BCUT2D eigenvalue weighted by Gasteiger charge is -2.14. The Kier molecular flexibility index (Phi) is 24.2. The predicted molar refractivity (Wildman–Crippen MR) is 396 cm³/mol. The molecule has 11 aromatic rings. The smallest absolute Gasteiger partial charge is 0.175 e. The van der Waals surface area contributed by atoms with Crippen LogP contribution in [0.2, 0.25) is 0 Å². The number of nitrogens with zero attached hydrogens (tertiary/aromatic N) is 10. The van der Waals surface area contributed by atoms with Gasteiger partial charge in [-0.05, 0) is 129 Å². The molecular formula is C76H62F16N12O4S4. The van der Waals surface area contributed by atoms with Crippen LogP contribution in [0.25, 0.3) is 89.7 Å². The molecule has 0 spiro atoms. The second-order valence-corrected chi connectivity index (χ2v) is 30.9. The standard InChI is InChI=1S/C76H62F16N12O4S4/c1-101(2)17-21-109-65-57(85)49(77)45(50(78)58(65)86)29-105-33-9-13-37-41(25-33)73-93-69(37)98-74-43-27-35(107-31-47-53(81)61(89)67(62(90)54(47)82)111-23-19-103(5)6)11-15-39(43)71(95-74)100-76-44-28-36(108-32-48-55(83)63(91)68(64(92)56(48)84)112-24-20-104(7)8)12-16-40(44)72(96-76)99-75-42-26-34(10-14-38(42)70(94-75)97-73)106-30-46-51(79)59(87)66(60(88)52(46)80)110-22-18-102(3)4/h9-16,25-28H,17-24,29-32H2,1-8H3,(H2,93,94,95,96,97,98,99,100). The first-order chi connectivity index (χ1) is 53.5. The summed E-state index contributed by atoms with van der Waals surface area (Å²) in [5.74, 6) is -27.7. The SMILES string of the molecule is CN(C)CCSc1c(F)c(F)c(COc2ccc3c(c2)-c2nc-3nc3[nH]c(nc4nc(nc5[nH]c(n2)c2ccc(OCc6c(F)c(F)c(SCCN(C)C)c(F)c6F)cc52)-c2ccc(OCc5c(F)c(F)c(SCCN(C)C)c(F)c5F)cc2-4)c2ccc(OCc4c(F)c(F)c(SCCN(C)C)c(F)c4F)cc32)c(F)c1F. The highest BCUT2D eigenvalue weighted by molar-refractivity contribution is 8.00. The molecule has 112 heavy (non-hydrogen) atoms. The van der Waals surface area contributed by atoms with Crippen molar-refractivity contribution in [2.75, 3.05) is 106 Å². The zero-order valence-electron chi connectivity index (χ0n) is 60.2. The van der Waals surface area contributed by atoms with Crippen LogP contribution >= 0.6 is 47.0 Å². The molecule has 8 bridgehead atoms. The van der Waals surface area contributed by atoms with Crippen LogP contribution < -0.4 is 18.9 Å². The van der Waals surface area contributed by atoms with E-state index in [1.807, 2.05) is 0 Å². The van der Waals surface area contributed by atoms with Crippen LogP contribution in [-0.4, -0.2) is 165 Å². The first kappa shape index (κ1) is 80.5. The van der Waals surface area contributed by atoms with Crippen molar-refractivity contribution in [1.29, 1.82) is 0 Å². The topological polar surface area (TPSA) is 159 Å². The summed E-state index contributed by atoms with van der Waals surface area (Å²) in [4.78, 5) is 39.0. The summed E-state index contributed by atoms with van der Waals surface area (Å²) in [6, 6.07) is 16.3. The molecule has 2 N–H and O–H groups in total. The van der Waals surface area contributed by atoms with Crippen molar-refractivity contribution in [3.8, 4) is 68.5 Å². The Morgan fingerprint density at radius 3 is 0.741 bits per heavy atom. The van der Waals surface area contributed by atoms with Gasteiger partial charge in [-0.1, -0.05) is 0 Å². The lowest BCUT2D eigenvalue weighted by atomic mass is 10.1. The van der Waals surface area contributed by atoms with Crippen molar-refractivity contribution in [2.24, 2.45) is 0 Å². The minimum Gasteiger partial charge on any atom is -0.489 e. The molecule has 0 unspecified atom stereocenters. The first-order valence-corrected chi connectivity index (χ1v) is 37.8. The summed E-state index contributed by atoms with van der Waals surface area (Å²) in [7, 11) is 13.6. The number of aromatic amines is 2. The molecule has 2 aliphatic rings. The Morgan fingerprint density at radius 1 is 0.268 bits per heavy atom. The van der Waals surface area contributed by atoms with Crippen LogP contribution in [0.15, 0.2) is 92.4 Å². The quantitative estimate of drug-likeness (QED) is 0.0271. The molecule has 5 heterocycles. The largest absolute Gasteiger partial charge is 0.489 e. The van der Waals surface area contributed by atoms with Crippen molar-refractivity contribution >= 4 is 91.2 Å². The number of H-pyrrole nitrogens is 2. The van der Waals surface area contributed by atoms with Gasteiger partial charge in [0.1, 0.15) is 72.0 Å². The summed E-state index contributed by atoms with van der Waals surface area (Å²) in [6.45, 7) is -2.94. The molecule has 16 nitrogen and oxygen atoms in total. The van der Waals surface area contributed by atoms with Gasteiger partial charge < -0.3 is 48.5 Å². The number of hydrogen-bond acceptors (Lipinski definition) is 18. The van der Waals surface area contributed by atoms with Crippen LogP contribution in [0.3, 0.4) is 0 Å². The molecule has 2 aliphatic heterocycles. The molecule has 0 radical (unpaired) electrons. The van der Waals surface area contributed by atoms with Gasteiger partial charge in [0.25, 0.3) is 0 Å². The normalized spacial score (nSPS) is 12.1. The Morgan fingerprint density at radius 2 is 0.491 bits per heavy atom. The van der Waals surface area contributed by atoms with Crippen molar-refractivity contribution in [3.05, 3.63) is 188 Å². The fourth-order valence-corrected chi connectivity index (χ4v) is 16.0. The van der Waals surface area contributed by atoms with Gasteiger partial charge in [-0.2, -0.15) is 0 Å². The Hall–Kier alpha value is -9.56. The van der Waals surface area contributed by atoms with Gasteiger partial charge in [-0.3, -0.25) is 0 Å². The Balaban J connectivity index is 0.974. The Labute approximate surface area is 644 Å². The van der Waals surface area contributed by atoms with Gasteiger partial charge in [0, 0.05) is 93.0 Å². The zero-order chi connectivity index (χ0) is 80.0. The van der Waals surface area contributed by atoms with Gasteiger partial charge >= 0.3 is 0 Å². The van der Waals surface area contributed by atoms with Gasteiger partial charge in [0.15, 0.2) is 116 Å². The lowest BCUT2D eigenvalue weighted by molar-refractivity contribution is 0.283. The van der Waals surface area contributed by atoms with E-state index in [9.17, 15) is 0 Å². The van der Waals surface area contributed by atoms with Gasteiger partial charge in [0.2, 0.25) is 0 Å². The summed E-state index contributed by atoms with van der Waals surface area (Å²) in [6.07, 6.45) is 0. The van der Waals surface area contributed by atoms with E-state index in [1.165, 1.54) is 72.8 Å². The van der Waals surface area contributed by atoms with E-state index in [-0.39, 0.29) is 136 Å². The van der Waals surface area contributed by atoms with E-state index in [4.69, 9.17) is 48.9 Å². The van der Waals surface area contributed by atoms with Crippen molar-refractivity contribution in [2.45, 2.75) is 46.0 Å². The van der Waals surface area contributed by atoms with Gasteiger partial charge in [0.05, 0.1) is 41.8 Å². The Bertz CT molecular complexity index is 5280. The summed E-state index contributed by atoms with van der Waals surface area (Å²) in [5, 5.41) is 0.625. The highest BCUT2D eigenvalue weighted by atomic mass is 32.2. The molecule has 0 fully saturated rings.